The van der Waals surface area contributed by atoms with Crippen LogP contribution in [0.25, 0.3) is 11.0 Å². The molecule has 4 rings (SSSR count). The quantitative estimate of drug-likeness (QED) is 0.573. The summed E-state index contributed by atoms with van der Waals surface area (Å²) in [5.41, 5.74) is 1.75. The molecule has 0 radical (unpaired) electrons. The van der Waals surface area contributed by atoms with Crippen molar-refractivity contribution in [1.82, 2.24) is 20.1 Å². The predicted octanol–water partition coefficient (Wildman–Crippen LogP) is 3.34. The van der Waals surface area contributed by atoms with Gasteiger partial charge in [0.25, 0.3) is 0 Å². The van der Waals surface area contributed by atoms with E-state index in [1.165, 1.54) is 19.4 Å². The molecule has 152 valence electrons. The van der Waals surface area contributed by atoms with Crippen LogP contribution in [-0.2, 0) is 0 Å². The van der Waals surface area contributed by atoms with Crippen LogP contribution in [0.3, 0.4) is 0 Å². The smallest absolute Gasteiger partial charge is 0.365 e. The van der Waals surface area contributed by atoms with E-state index in [-0.39, 0.29) is 6.10 Å². The van der Waals surface area contributed by atoms with Crippen molar-refractivity contribution >= 4 is 17.0 Å². The van der Waals surface area contributed by atoms with Crippen LogP contribution < -0.4 is 9.57 Å². The molecule has 2 heterocycles. The van der Waals surface area contributed by atoms with E-state index >= 15 is 0 Å². The van der Waals surface area contributed by atoms with E-state index in [9.17, 15) is 4.79 Å². The molecular weight excluding hydrogens is 368 g/mol. The Hall–Kier alpha value is -2.93. The molecule has 1 saturated heterocycles. The van der Waals surface area contributed by atoms with Crippen LogP contribution in [0.1, 0.15) is 43.0 Å². The van der Waals surface area contributed by atoms with Crippen molar-refractivity contribution in [3.63, 3.8) is 0 Å². The van der Waals surface area contributed by atoms with E-state index in [2.05, 4.69) is 22.1 Å². The zero-order chi connectivity index (χ0) is 20.1. The average molecular weight is 394 g/mol. The third kappa shape index (κ3) is 4.74. The average Bonchev–Trinajstić information content (AvgIpc) is 3.16. The highest BCUT2D eigenvalue weighted by molar-refractivity contribution is 5.90. The van der Waals surface area contributed by atoms with Crippen LogP contribution in [0.5, 0.6) is 5.75 Å². The zero-order valence-electron chi connectivity index (χ0n) is 16.7. The number of hydrogen-bond donors (Lipinski definition) is 0. The third-order valence-corrected chi connectivity index (χ3v) is 5.25. The fourth-order valence-corrected chi connectivity index (χ4v) is 3.54. The van der Waals surface area contributed by atoms with Crippen molar-refractivity contribution in [2.45, 2.75) is 38.7 Å². The first-order valence-electron chi connectivity index (χ1n) is 10.2. The maximum Gasteiger partial charge on any atom is 0.365 e. The van der Waals surface area contributed by atoms with Gasteiger partial charge in [0.2, 0.25) is 0 Å². The molecule has 7 nitrogen and oxygen atoms in total. The molecule has 1 aliphatic rings. The molecule has 7 heteroatoms. The minimum absolute atomic E-state index is 0.229. The molecule has 0 N–H and O–H groups in total. The summed E-state index contributed by atoms with van der Waals surface area (Å²) in [4.78, 5) is 21.4. The van der Waals surface area contributed by atoms with Crippen molar-refractivity contribution in [1.29, 1.82) is 0 Å². The molecule has 0 spiro atoms. The monoisotopic (exact) mass is 394 g/mol. The van der Waals surface area contributed by atoms with E-state index in [4.69, 9.17) is 9.57 Å². The van der Waals surface area contributed by atoms with Gasteiger partial charge in [-0.15, -0.1) is 5.10 Å². The van der Waals surface area contributed by atoms with Gasteiger partial charge in [0.05, 0.1) is 5.56 Å². The van der Waals surface area contributed by atoms with E-state index in [1.54, 1.807) is 18.2 Å². The van der Waals surface area contributed by atoms with Gasteiger partial charge in [-0.1, -0.05) is 30.3 Å². The van der Waals surface area contributed by atoms with Crippen LogP contribution in [-0.4, -0.2) is 51.8 Å². The number of carbonyl (C=O) groups is 1. The number of benzene rings is 2. The second-order valence-electron chi connectivity index (χ2n) is 7.37. The lowest BCUT2D eigenvalue weighted by Crippen LogP contribution is -2.38. The molecule has 0 aliphatic carbocycles. The van der Waals surface area contributed by atoms with E-state index in [1.807, 2.05) is 30.3 Å². The maximum atomic E-state index is 12.4. The SMILES string of the molecule is CCCCN1CCC(Oc2ccc(C(=O)On3nnc4ccccc43)cc2)CC1. The Balaban J connectivity index is 1.31. The second kappa shape index (κ2) is 9.05. The van der Waals surface area contributed by atoms with Gasteiger partial charge in [-0.2, -0.15) is 0 Å². The van der Waals surface area contributed by atoms with Gasteiger partial charge >= 0.3 is 5.97 Å². The molecule has 0 amide bonds. The summed E-state index contributed by atoms with van der Waals surface area (Å²) in [5, 5.41) is 7.85. The van der Waals surface area contributed by atoms with E-state index in [0.717, 1.165) is 36.5 Å². The molecule has 2 aromatic carbocycles. The number of rotatable bonds is 7. The van der Waals surface area contributed by atoms with Crippen LogP contribution in [0.4, 0.5) is 0 Å². The molecule has 0 atom stereocenters. The summed E-state index contributed by atoms with van der Waals surface area (Å²) < 4.78 is 6.10. The number of hydrogen-bond acceptors (Lipinski definition) is 6. The summed E-state index contributed by atoms with van der Waals surface area (Å²) in [6, 6.07) is 14.4. The van der Waals surface area contributed by atoms with E-state index in [0.29, 0.717) is 16.6 Å². The number of piperidine rings is 1. The van der Waals surface area contributed by atoms with Crippen molar-refractivity contribution in [2.24, 2.45) is 0 Å². The van der Waals surface area contributed by atoms with E-state index < -0.39 is 5.97 Å². The largest absolute Gasteiger partial charge is 0.490 e. The summed E-state index contributed by atoms with van der Waals surface area (Å²) in [5.74, 6) is 0.288. The van der Waals surface area contributed by atoms with Crippen molar-refractivity contribution in [3.8, 4) is 5.75 Å². The molecule has 0 saturated carbocycles. The van der Waals surface area contributed by atoms with Gasteiger partial charge in [-0.05, 0) is 67.4 Å². The van der Waals surface area contributed by atoms with Crippen LogP contribution in [0.15, 0.2) is 48.5 Å². The normalized spacial score (nSPS) is 15.5. The number of likely N-dealkylation sites (tertiary alicyclic amines) is 1. The topological polar surface area (TPSA) is 69.5 Å². The lowest BCUT2D eigenvalue weighted by Gasteiger charge is -2.32. The fraction of sp³-hybridized carbons (Fsp3) is 0.409. The molecule has 1 aliphatic heterocycles. The van der Waals surface area contributed by atoms with Gasteiger partial charge in [0.1, 0.15) is 22.9 Å². The van der Waals surface area contributed by atoms with Crippen molar-refractivity contribution in [3.05, 3.63) is 54.1 Å². The number of para-hydroxylation sites is 1. The highest BCUT2D eigenvalue weighted by Crippen LogP contribution is 2.20. The Morgan fingerprint density at radius 3 is 2.62 bits per heavy atom. The van der Waals surface area contributed by atoms with Gasteiger partial charge in [-0.25, -0.2) is 4.79 Å². The van der Waals surface area contributed by atoms with Gasteiger partial charge in [-0.3, -0.25) is 0 Å². The lowest BCUT2D eigenvalue weighted by atomic mass is 10.1. The molecule has 1 fully saturated rings. The van der Waals surface area contributed by atoms with Gasteiger partial charge in [0.15, 0.2) is 0 Å². The number of ether oxygens (including phenoxy) is 1. The second-order valence-corrected chi connectivity index (χ2v) is 7.37. The lowest BCUT2D eigenvalue weighted by molar-refractivity contribution is 0.0408. The highest BCUT2D eigenvalue weighted by Gasteiger charge is 2.20. The zero-order valence-corrected chi connectivity index (χ0v) is 16.7. The number of carbonyl (C=O) groups excluding carboxylic acids is 1. The summed E-state index contributed by atoms with van der Waals surface area (Å²) in [6.45, 7) is 5.58. The van der Waals surface area contributed by atoms with Crippen LogP contribution in [0, 0.1) is 0 Å². The Kier molecular flexibility index (Phi) is 6.05. The first-order chi connectivity index (χ1) is 14.2. The third-order valence-electron chi connectivity index (χ3n) is 5.25. The first-order valence-corrected chi connectivity index (χ1v) is 10.2. The minimum Gasteiger partial charge on any atom is -0.490 e. The Morgan fingerprint density at radius 1 is 1.10 bits per heavy atom. The molecule has 1 aromatic heterocycles. The van der Waals surface area contributed by atoms with Crippen molar-refractivity contribution < 1.29 is 14.4 Å². The summed E-state index contributed by atoms with van der Waals surface area (Å²) >= 11 is 0. The molecular formula is C22H26N4O3. The minimum atomic E-state index is -0.489. The number of aromatic nitrogens is 3. The molecule has 29 heavy (non-hydrogen) atoms. The fourth-order valence-electron chi connectivity index (χ4n) is 3.54. The Labute approximate surface area is 170 Å². The standard InChI is InChI=1S/C22H26N4O3/c1-2-3-14-25-15-12-19(13-16-25)28-18-10-8-17(9-11-18)22(27)29-26-21-7-5-4-6-20(21)23-24-26/h4-11,19H,2-3,12-16H2,1H3. The van der Waals surface area contributed by atoms with Crippen LogP contribution >= 0.6 is 0 Å². The predicted molar refractivity (Wildman–Crippen MR) is 110 cm³/mol. The van der Waals surface area contributed by atoms with Crippen molar-refractivity contribution in [2.75, 3.05) is 19.6 Å². The number of nitrogens with zero attached hydrogens (tertiary/aromatic N) is 4. The molecule has 0 unspecified atom stereocenters. The Bertz CT molecular complexity index is 946. The number of fused-ring (bicyclic) bond motifs is 1. The van der Waals surface area contributed by atoms with Gasteiger partial charge in [0, 0.05) is 13.1 Å². The summed E-state index contributed by atoms with van der Waals surface area (Å²) in [7, 11) is 0. The van der Waals surface area contributed by atoms with Gasteiger partial charge < -0.3 is 14.5 Å². The highest BCUT2D eigenvalue weighted by atomic mass is 16.7. The molecule has 3 aromatic rings. The Morgan fingerprint density at radius 2 is 1.86 bits per heavy atom. The first kappa shape index (κ1) is 19.4. The number of unbranched alkanes of at least 4 members (excludes halogenated alkanes) is 1. The maximum absolute atomic E-state index is 12.4. The summed E-state index contributed by atoms with van der Waals surface area (Å²) in [6.07, 6.45) is 4.79. The van der Waals surface area contributed by atoms with Crippen LogP contribution in [0.2, 0.25) is 0 Å². The molecule has 0 bridgehead atoms.